The van der Waals surface area contributed by atoms with Crippen molar-refractivity contribution in [2.75, 3.05) is 0 Å². The van der Waals surface area contributed by atoms with Crippen LogP contribution in [0.1, 0.15) is 40.9 Å². The molecule has 3 rings (SSSR count). The summed E-state index contributed by atoms with van der Waals surface area (Å²) in [5.74, 6) is 0.604. The Kier molecular flexibility index (Phi) is 1.72. The van der Waals surface area contributed by atoms with E-state index in [4.69, 9.17) is 0 Å². The molecule has 0 radical (unpaired) electrons. The first-order valence-corrected chi connectivity index (χ1v) is 5.40. The predicted octanol–water partition coefficient (Wildman–Crippen LogP) is 3.03. The standard InChI is InChI=1S/C13H13NO/c1-8-5-6-11-10-4-2-3-9(7-15)13(10)14-12(8)11/h2-4,7-8,14H,5-6H2,1H3. The number of carbonyl (C=O) groups excluding carboxylic acids is 1. The van der Waals surface area contributed by atoms with Crippen molar-refractivity contribution in [2.45, 2.75) is 25.7 Å². The van der Waals surface area contributed by atoms with Crippen molar-refractivity contribution < 1.29 is 4.79 Å². The number of para-hydroxylation sites is 1. The summed E-state index contributed by atoms with van der Waals surface area (Å²) in [6.45, 7) is 2.24. The zero-order valence-electron chi connectivity index (χ0n) is 8.71. The van der Waals surface area contributed by atoms with Crippen molar-refractivity contribution in [3.8, 4) is 0 Å². The number of rotatable bonds is 1. The van der Waals surface area contributed by atoms with Crippen LogP contribution in [0.15, 0.2) is 18.2 Å². The molecule has 2 heteroatoms. The van der Waals surface area contributed by atoms with Gasteiger partial charge in [0.1, 0.15) is 0 Å². The Hall–Kier alpha value is -1.57. The van der Waals surface area contributed by atoms with E-state index in [0.717, 1.165) is 23.8 Å². The van der Waals surface area contributed by atoms with Gasteiger partial charge >= 0.3 is 0 Å². The maximum Gasteiger partial charge on any atom is 0.152 e. The molecule has 1 heterocycles. The minimum atomic E-state index is 0.604. The van der Waals surface area contributed by atoms with Crippen LogP contribution in [0, 0.1) is 0 Å². The highest BCUT2D eigenvalue weighted by atomic mass is 16.1. The van der Waals surface area contributed by atoms with E-state index < -0.39 is 0 Å². The van der Waals surface area contributed by atoms with Crippen LogP contribution >= 0.6 is 0 Å². The third kappa shape index (κ3) is 1.08. The van der Waals surface area contributed by atoms with Crippen LogP contribution in [-0.2, 0) is 6.42 Å². The molecule has 0 saturated carbocycles. The third-order valence-electron chi connectivity index (χ3n) is 3.45. The zero-order valence-corrected chi connectivity index (χ0v) is 8.71. The van der Waals surface area contributed by atoms with Crippen LogP contribution in [0.4, 0.5) is 0 Å². The van der Waals surface area contributed by atoms with Gasteiger partial charge in [-0.25, -0.2) is 0 Å². The molecule has 0 bridgehead atoms. The van der Waals surface area contributed by atoms with Crippen molar-refractivity contribution in [2.24, 2.45) is 0 Å². The van der Waals surface area contributed by atoms with Crippen LogP contribution in [0.25, 0.3) is 10.9 Å². The maximum absolute atomic E-state index is 10.9. The highest BCUT2D eigenvalue weighted by molar-refractivity contribution is 5.98. The molecule has 76 valence electrons. The number of fused-ring (bicyclic) bond motifs is 3. The first-order chi connectivity index (χ1) is 7.31. The average molecular weight is 199 g/mol. The van der Waals surface area contributed by atoms with Crippen molar-refractivity contribution in [1.29, 1.82) is 0 Å². The van der Waals surface area contributed by atoms with E-state index >= 15 is 0 Å². The normalized spacial score (nSPS) is 19.4. The second-order valence-corrected chi connectivity index (χ2v) is 4.34. The molecule has 15 heavy (non-hydrogen) atoms. The molecule has 2 nitrogen and oxygen atoms in total. The quantitative estimate of drug-likeness (QED) is 0.703. The number of hydrogen-bond acceptors (Lipinski definition) is 1. The minimum absolute atomic E-state index is 0.604. The summed E-state index contributed by atoms with van der Waals surface area (Å²) in [4.78, 5) is 14.3. The van der Waals surface area contributed by atoms with Gasteiger partial charge < -0.3 is 4.98 Å². The lowest BCUT2D eigenvalue weighted by molar-refractivity contribution is 0.112. The van der Waals surface area contributed by atoms with Crippen molar-refractivity contribution >= 4 is 17.2 Å². The SMILES string of the molecule is CC1CCc2c1[nH]c1c(C=O)cccc21. The molecule has 1 aromatic carbocycles. The second-order valence-electron chi connectivity index (χ2n) is 4.34. The summed E-state index contributed by atoms with van der Waals surface area (Å²) in [5.41, 5.74) is 4.54. The Morgan fingerprint density at radius 3 is 3.13 bits per heavy atom. The fraction of sp³-hybridized carbons (Fsp3) is 0.308. The topological polar surface area (TPSA) is 32.9 Å². The number of hydrogen-bond donors (Lipinski definition) is 1. The van der Waals surface area contributed by atoms with Gasteiger partial charge in [-0.05, 0) is 30.4 Å². The number of aromatic nitrogens is 1. The minimum Gasteiger partial charge on any atom is -0.357 e. The summed E-state index contributed by atoms with van der Waals surface area (Å²) in [6, 6.07) is 5.94. The molecule has 0 aliphatic heterocycles. The van der Waals surface area contributed by atoms with Gasteiger partial charge in [-0.1, -0.05) is 19.1 Å². The monoisotopic (exact) mass is 199 g/mol. The van der Waals surface area contributed by atoms with E-state index in [0.29, 0.717) is 5.92 Å². The van der Waals surface area contributed by atoms with Crippen LogP contribution in [0.2, 0.25) is 0 Å². The highest BCUT2D eigenvalue weighted by Gasteiger charge is 2.23. The zero-order chi connectivity index (χ0) is 10.4. The molecule has 2 aromatic rings. The van der Waals surface area contributed by atoms with E-state index in [1.807, 2.05) is 12.1 Å². The summed E-state index contributed by atoms with van der Waals surface area (Å²) >= 11 is 0. The lowest BCUT2D eigenvalue weighted by Gasteiger charge is -1.99. The fourth-order valence-electron chi connectivity index (χ4n) is 2.61. The molecular formula is C13H13NO. The molecule has 0 saturated heterocycles. The fourth-order valence-corrected chi connectivity index (χ4v) is 2.61. The third-order valence-corrected chi connectivity index (χ3v) is 3.45. The molecule has 0 fully saturated rings. The van der Waals surface area contributed by atoms with Crippen molar-refractivity contribution in [3.05, 3.63) is 35.0 Å². The molecule has 0 spiro atoms. The number of aromatic amines is 1. The molecular weight excluding hydrogens is 186 g/mol. The molecule has 1 N–H and O–H groups in total. The lowest BCUT2D eigenvalue weighted by Crippen LogP contribution is -1.87. The van der Waals surface area contributed by atoms with Crippen LogP contribution in [0.3, 0.4) is 0 Å². The largest absolute Gasteiger partial charge is 0.357 e. The van der Waals surface area contributed by atoms with E-state index in [9.17, 15) is 4.79 Å². The van der Waals surface area contributed by atoms with E-state index in [-0.39, 0.29) is 0 Å². The number of carbonyl (C=O) groups is 1. The van der Waals surface area contributed by atoms with E-state index in [2.05, 4.69) is 18.0 Å². The van der Waals surface area contributed by atoms with Gasteiger partial charge in [-0.3, -0.25) is 4.79 Å². The second kappa shape index (κ2) is 2.96. The summed E-state index contributed by atoms with van der Waals surface area (Å²) in [5, 5.41) is 1.24. The highest BCUT2D eigenvalue weighted by Crippen LogP contribution is 2.37. The number of H-pyrrole nitrogens is 1. The smallest absolute Gasteiger partial charge is 0.152 e. The molecule has 1 unspecified atom stereocenters. The van der Waals surface area contributed by atoms with E-state index in [1.165, 1.54) is 23.1 Å². The molecule has 1 aliphatic carbocycles. The van der Waals surface area contributed by atoms with Gasteiger partial charge in [0.2, 0.25) is 0 Å². The first-order valence-electron chi connectivity index (χ1n) is 5.40. The van der Waals surface area contributed by atoms with Crippen LogP contribution < -0.4 is 0 Å². The Labute approximate surface area is 88.3 Å². The summed E-state index contributed by atoms with van der Waals surface area (Å²) in [6.07, 6.45) is 3.29. The number of nitrogens with one attached hydrogen (secondary N) is 1. The van der Waals surface area contributed by atoms with Gasteiger partial charge in [-0.2, -0.15) is 0 Å². The lowest BCUT2D eigenvalue weighted by atomic mass is 10.1. The maximum atomic E-state index is 10.9. The molecule has 0 amide bonds. The Bertz CT molecular complexity index is 539. The van der Waals surface area contributed by atoms with Gasteiger partial charge in [0.25, 0.3) is 0 Å². The number of aryl methyl sites for hydroxylation is 1. The Balaban J connectivity index is 2.38. The molecule has 1 atom stereocenters. The van der Waals surface area contributed by atoms with Gasteiger partial charge in [0.05, 0.1) is 5.52 Å². The first kappa shape index (κ1) is 8.72. The van der Waals surface area contributed by atoms with Gasteiger partial charge in [0, 0.05) is 16.6 Å². The summed E-state index contributed by atoms with van der Waals surface area (Å²) < 4.78 is 0. The number of aldehydes is 1. The van der Waals surface area contributed by atoms with Gasteiger partial charge in [0.15, 0.2) is 6.29 Å². The number of benzene rings is 1. The van der Waals surface area contributed by atoms with Crippen molar-refractivity contribution in [1.82, 2.24) is 4.98 Å². The van der Waals surface area contributed by atoms with Crippen LogP contribution in [0.5, 0.6) is 0 Å². The van der Waals surface area contributed by atoms with Crippen LogP contribution in [-0.4, -0.2) is 11.3 Å². The molecule has 1 aliphatic rings. The Morgan fingerprint density at radius 1 is 1.47 bits per heavy atom. The van der Waals surface area contributed by atoms with Crippen molar-refractivity contribution in [3.63, 3.8) is 0 Å². The summed E-state index contributed by atoms with van der Waals surface area (Å²) in [7, 11) is 0. The average Bonchev–Trinajstić information content (AvgIpc) is 2.79. The van der Waals surface area contributed by atoms with E-state index in [1.54, 1.807) is 0 Å². The Morgan fingerprint density at radius 2 is 2.33 bits per heavy atom. The predicted molar refractivity (Wildman–Crippen MR) is 60.4 cm³/mol. The molecule has 1 aromatic heterocycles. The van der Waals surface area contributed by atoms with Gasteiger partial charge in [-0.15, -0.1) is 0 Å².